The number of amides is 1. The number of hydrogen-bond donors (Lipinski definition) is 1. The minimum atomic E-state index is -0.798. The standard InChI is InChI=1S/C16H30N2O3/c1-13(11-16(2,3)4)10-14(19)18-7-5-6-17(8-9-18)12-15(20)21/h13H,5-12H2,1-4H3,(H,20,21). The van der Waals surface area contributed by atoms with Crippen LogP contribution in [0, 0.1) is 11.3 Å². The number of hydrogen-bond acceptors (Lipinski definition) is 3. The highest BCUT2D eigenvalue weighted by molar-refractivity contribution is 5.76. The van der Waals surface area contributed by atoms with Crippen LogP contribution in [-0.4, -0.2) is 59.5 Å². The molecule has 1 fully saturated rings. The molecule has 1 saturated heterocycles. The van der Waals surface area contributed by atoms with Crippen molar-refractivity contribution in [2.24, 2.45) is 11.3 Å². The summed E-state index contributed by atoms with van der Waals surface area (Å²) in [5.74, 6) is -0.201. The van der Waals surface area contributed by atoms with Crippen LogP contribution in [0.5, 0.6) is 0 Å². The van der Waals surface area contributed by atoms with Gasteiger partial charge in [-0.15, -0.1) is 0 Å². The second kappa shape index (κ2) is 7.78. The number of carboxylic acid groups (broad SMARTS) is 1. The monoisotopic (exact) mass is 298 g/mol. The van der Waals surface area contributed by atoms with E-state index >= 15 is 0 Å². The number of carbonyl (C=O) groups is 2. The van der Waals surface area contributed by atoms with Crippen molar-refractivity contribution in [3.63, 3.8) is 0 Å². The highest BCUT2D eigenvalue weighted by Gasteiger charge is 2.23. The van der Waals surface area contributed by atoms with Gasteiger partial charge in [-0.05, 0) is 24.2 Å². The molecule has 1 N–H and O–H groups in total. The molecule has 122 valence electrons. The van der Waals surface area contributed by atoms with Gasteiger partial charge in [-0.3, -0.25) is 14.5 Å². The molecule has 0 aromatic rings. The Labute approximate surface area is 128 Å². The van der Waals surface area contributed by atoms with E-state index in [2.05, 4.69) is 27.7 Å². The molecule has 0 radical (unpaired) electrons. The van der Waals surface area contributed by atoms with Crippen LogP contribution in [0.3, 0.4) is 0 Å². The molecule has 1 amide bonds. The second-order valence-corrected chi connectivity index (χ2v) is 7.48. The summed E-state index contributed by atoms with van der Waals surface area (Å²) >= 11 is 0. The van der Waals surface area contributed by atoms with Crippen molar-refractivity contribution in [2.75, 3.05) is 32.7 Å². The molecule has 0 aliphatic carbocycles. The summed E-state index contributed by atoms with van der Waals surface area (Å²) in [4.78, 5) is 26.9. The summed E-state index contributed by atoms with van der Waals surface area (Å²) in [7, 11) is 0. The first-order valence-electron chi connectivity index (χ1n) is 7.89. The molecular weight excluding hydrogens is 268 g/mol. The number of nitrogens with zero attached hydrogens (tertiary/aromatic N) is 2. The normalized spacial score (nSPS) is 19.1. The molecule has 1 aliphatic heterocycles. The van der Waals surface area contributed by atoms with Crippen LogP contribution in [0.2, 0.25) is 0 Å². The van der Waals surface area contributed by atoms with Crippen molar-refractivity contribution in [2.45, 2.75) is 47.0 Å². The van der Waals surface area contributed by atoms with Gasteiger partial charge in [-0.1, -0.05) is 27.7 Å². The maximum Gasteiger partial charge on any atom is 0.317 e. The van der Waals surface area contributed by atoms with Crippen LogP contribution in [0.25, 0.3) is 0 Å². The lowest BCUT2D eigenvalue weighted by molar-refractivity contribution is -0.138. The van der Waals surface area contributed by atoms with E-state index in [0.717, 1.165) is 25.9 Å². The third-order valence-electron chi connectivity index (χ3n) is 3.78. The Bertz CT molecular complexity index is 363. The van der Waals surface area contributed by atoms with Crippen molar-refractivity contribution in [3.05, 3.63) is 0 Å². The Morgan fingerprint density at radius 2 is 1.81 bits per heavy atom. The summed E-state index contributed by atoms with van der Waals surface area (Å²) < 4.78 is 0. The predicted octanol–water partition coefficient (Wildman–Crippen LogP) is 2.07. The van der Waals surface area contributed by atoms with Crippen molar-refractivity contribution in [3.8, 4) is 0 Å². The highest BCUT2D eigenvalue weighted by atomic mass is 16.4. The Hall–Kier alpha value is -1.10. The SMILES string of the molecule is CC(CC(=O)N1CCCN(CC(=O)O)CC1)CC(C)(C)C. The fourth-order valence-electron chi connectivity index (χ4n) is 3.11. The Balaban J connectivity index is 2.43. The van der Waals surface area contributed by atoms with Gasteiger partial charge in [0.25, 0.3) is 0 Å². The molecule has 1 heterocycles. The lowest BCUT2D eigenvalue weighted by atomic mass is 9.84. The van der Waals surface area contributed by atoms with Gasteiger partial charge in [0.1, 0.15) is 0 Å². The smallest absolute Gasteiger partial charge is 0.317 e. The zero-order chi connectivity index (χ0) is 16.0. The minimum absolute atomic E-state index is 0.0719. The molecule has 0 aromatic carbocycles. The predicted molar refractivity (Wildman–Crippen MR) is 83.1 cm³/mol. The first-order valence-corrected chi connectivity index (χ1v) is 7.89. The molecule has 21 heavy (non-hydrogen) atoms. The van der Waals surface area contributed by atoms with E-state index in [0.29, 0.717) is 25.4 Å². The molecular formula is C16H30N2O3. The van der Waals surface area contributed by atoms with Crippen LogP contribution in [0.1, 0.15) is 47.0 Å². The molecule has 5 heteroatoms. The number of rotatable bonds is 5. The van der Waals surface area contributed by atoms with Crippen molar-refractivity contribution in [1.82, 2.24) is 9.80 Å². The summed E-state index contributed by atoms with van der Waals surface area (Å²) in [6, 6.07) is 0. The van der Waals surface area contributed by atoms with E-state index in [1.165, 1.54) is 0 Å². The van der Waals surface area contributed by atoms with Gasteiger partial charge in [0.2, 0.25) is 5.91 Å². The van der Waals surface area contributed by atoms with Crippen molar-refractivity contribution >= 4 is 11.9 Å². The molecule has 0 aromatic heterocycles. The van der Waals surface area contributed by atoms with Crippen LogP contribution < -0.4 is 0 Å². The molecule has 1 aliphatic rings. The highest BCUT2D eigenvalue weighted by Crippen LogP contribution is 2.26. The van der Waals surface area contributed by atoms with Crippen molar-refractivity contribution < 1.29 is 14.7 Å². The first-order chi connectivity index (χ1) is 9.67. The van der Waals surface area contributed by atoms with Gasteiger partial charge in [0.05, 0.1) is 6.54 Å². The molecule has 0 spiro atoms. The average Bonchev–Trinajstić information content (AvgIpc) is 2.51. The third-order valence-corrected chi connectivity index (χ3v) is 3.78. The number of carboxylic acids is 1. The summed E-state index contributed by atoms with van der Waals surface area (Å²) in [5.41, 5.74) is 0.247. The Morgan fingerprint density at radius 3 is 2.38 bits per heavy atom. The zero-order valence-corrected chi connectivity index (χ0v) is 13.9. The maximum atomic E-state index is 12.4. The molecule has 0 saturated carbocycles. The molecule has 1 unspecified atom stereocenters. The van der Waals surface area contributed by atoms with E-state index in [9.17, 15) is 9.59 Å². The largest absolute Gasteiger partial charge is 0.480 e. The topological polar surface area (TPSA) is 60.9 Å². The van der Waals surface area contributed by atoms with E-state index in [1.54, 1.807) is 0 Å². The van der Waals surface area contributed by atoms with E-state index < -0.39 is 5.97 Å². The Morgan fingerprint density at radius 1 is 1.14 bits per heavy atom. The zero-order valence-electron chi connectivity index (χ0n) is 13.9. The van der Waals surface area contributed by atoms with E-state index in [-0.39, 0.29) is 17.9 Å². The number of carbonyl (C=O) groups excluding carboxylic acids is 1. The van der Waals surface area contributed by atoms with Crippen LogP contribution >= 0.6 is 0 Å². The van der Waals surface area contributed by atoms with Gasteiger partial charge in [-0.2, -0.15) is 0 Å². The van der Waals surface area contributed by atoms with Crippen LogP contribution in [0.15, 0.2) is 0 Å². The quantitative estimate of drug-likeness (QED) is 0.844. The molecule has 1 rings (SSSR count). The lowest BCUT2D eigenvalue weighted by Crippen LogP contribution is -2.37. The lowest BCUT2D eigenvalue weighted by Gasteiger charge is -2.26. The van der Waals surface area contributed by atoms with Gasteiger partial charge >= 0.3 is 5.97 Å². The van der Waals surface area contributed by atoms with Gasteiger partial charge in [0.15, 0.2) is 0 Å². The first kappa shape index (κ1) is 18.0. The summed E-state index contributed by atoms with van der Waals surface area (Å²) in [6.45, 7) is 11.6. The third kappa shape index (κ3) is 7.46. The van der Waals surface area contributed by atoms with Crippen LogP contribution in [0.4, 0.5) is 0 Å². The molecule has 1 atom stereocenters. The Kier molecular flexibility index (Phi) is 6.65. The molecule has 0 bridgehead atoms. The maximum absolute atomic E-state index is 12.4. The van der Waals surface area contributed by atoms with E-state index in [1.807, 2.05) is 9.80 Å². The fraction of sp³-hybridized carbons (Fsp3) is 0.875. The van der Waals surface area contributed by atoms with Gasteiger partial charge in [0, 0.05) is 32.6 Å². The number of aliphatic carboxylic acids is 1. The van der Waals surface area contributed by atoms with Gasteiger partial charge < -0.3 is 10.0 Å². The minimum Gasteiger partial charge on any atom is -0.480 e. The van der Waals surface area contributed by atoms with Crippen LogP contribution in [-0.2, 0) is 9.59 Å². The fourth-order valence-corrected chi connectivity index (χ4v) is 3.11. The summed E-state index contributed by atoms with van der Waals surface area (Å²) in [5, 5.41) is 8.84. The average molecular weight is 298 g/mol. The second-order valence-electron chi connectivity index (χ2n) is 7.48. The molecule has 5 nitrogen and oxygen atoms in total. The van der Waals surface area contributed by atoms with E-state index in [4.69, 9.17) is 5.11 Å². The van der Waals surface area contributed by atoms with Gasteiger partial charge in [-0.25, -0.2) is 0 Å². The van der Waals surface area contributed by atoms with Crippen molar-refractivity contribution in [1.29, 1.82) is 0 Å². The summed E-state index contributed by atoms with van der Waals surface area (Å²) in [6.07, 6.45) is 2.49.